The molecule has 3 nitrogen and oxygen atoms in total. The van der Waals surface area contributed by atoms with Gasteiger partial charge in [-0.1, -0.05) is 0 Å². The van der Waals surface area contributed by atoms with Crippen LogP contribution in [0.15, 0.2) is 0 Å². The zero-order valence-corrected chi connectivity index (χ0v) is 7.05. The smallest absolute Gasteiger partial charge is 0.0674 e. The van der Waals surface area contributed by atoms with E-state index in [0.29, 0.717) is 12.1 Å². The maximum absolute atomic E-state index is 5.57. The first-order valence-corrected chi connectivity index (χ1v) is 4.42. The molecule has 0 bridgehead atoms. The highest BCUT2D eigenvalue weighted by atomic mass is 16.5. The molecule has 11 heavy (non-hydrogen) atoms. The summed E-state index contributed by atoms with van der Waals surface area (Å²) < 4.78 is 5.57. The topological polar surface area (TPSA) is 24.5 Å². The predicted molar refractivity (Wildman–Crippen MR) is 43.6 cm³/mol. The van der Waals surface area contributed by atoms with Gasteiger partial charge in [0, 0.05) is 32.2 Å². The molecule has 64 valence electrons. The van der Waals surface area contributed by atoms with Crippen LogP contribution in [-0.2, 0) is 4.74 Å². The molecule has 2 unspecified atom stereocenters. The van der Waals surface area contributed by atoms with E-state index in [2.05, 4.69) is 17.1 Å². The maximum Gasteiger partial charge on any atom is 0.0674 e. The molecular formula is C8H16N2O. The lowest BCUT2D eigenvalue weighted by molar-refractivity contribution is -0.0616. The van der Waals surface area contributed by atoms with E-state index in [9.17, 15) is 0 Å². The Hall–Kier alpha value is -0.120. The molecule has 0 spiro atoms. The third kappa shape index (κ3) is 1.55. The molecular weight excluding hydrogens is 140 g/mol. The van der Waals surface area contributed by atoms with Gasteiger partial charge in [-0.15, -0.1) is 0 Å². The maximum atomic E-state index is 5.57. The van der Waals surface area contributed by atoms with Gasteiger partial charge in [-0.05, 0) is 6.92 Å². The predicted octanol–water partition coefficient (Wildman–Crippen LogP) is -0.321. The summed E-state index contributed by atoms with van der Waals surface area (Å²) in [5, 5.41) is 3.38. The fourth-order valence-electron chi connectivity index (χ4n) is 1.87. The lowest BCUT2D eigenvalue weighted by Crippen LogP contribution is -2.58. The minimum atomic E-state index is 0.435. The summed E-state index contributed by atoms with van der Waals surface area (Å²) in [4.78, 5) is 2.53. The number of hydrogen-bond acceptors (Lipinski definition) is 3. The van der Waals surface area contributed by atoms with Crippen LogP contribution in [0.2, 0.25) is 0 Å². The first-order valence-electron chi connectivity index (χ1n) is 4.42. The lowest BCUT2D eigenvalue weighted by atomic mass is 10.1. The van der Waals surface area contributed by atoms with Crippen LogP contribution in [-0.4, -0.2) is 49.8 Å². The van der Waals surface area contributed by atoms with Gasteiger partial charge in [0.2, 0.25) is 0 Å². The van der Waals surface area contributed by atoms with Gasteiger partial charge in [0.25, 0.3) is 0 Å². The summed E-state index contributed by atoms with van der Waals surface area (Å²) in [7, 11) is 0. The molecule has 0 saturated carbocycles. The van der Waals surface area contributed by atoms with Gasteiger partial charge in [0.15, 0.2) is 0 Å². The molecule has 2 heterocycles. The highest BCUT2D eigenvalue weighted by molar-refractivity contribution is 4.83. The number of rotatable bonds is 0. The van der Waals surface area contributed by atoms with Crippen molar-refractivity contribution in [2.75, 3.05) is 32.8 Å². The number of nitrogens with one attached hydrogen (secondary N) is 1. The number of nitrogens with zero attached hydrogens (tertiary/aromatic N) is 1. The first kappa shape index (κ1) is 7.53. The molecule has 0 aromatic rings. The van der Waals surface area contributed by atoms with Gasteiger partial charge < -0.3 is 10.1 Å². The quantitative estimate of drug-likeness (QED) is 0.520. The Morgan fingerprint density at radius 3 is 3.36 bits per heavy atom. The zero-order valence-electron chi connectivity index (χ0n) is 7.05. The highest BCUT2D eigenvalue weighted by Crippen LogP contribution is 2.12. The molecule has 2 atom stereocenters. The highest BCUT2D eigenvalue weighted by Gasteiger charge is 2.28. The van der Waals surface area contributed by atoms with Gasteiger partial charge in [-0.3, -0.25) is 4.90 Å². The summed E-state index contributed by atoms with van der Waals surface area (Å²) >= 11 is 0. The molecule has 2 fully saturated rings. The van der Waals surface area contributed by atoms with Crippen LogP contribution >= 0.6 is 0 Å². The second-order valence-corrected chi connectivity index (χ2v) is 3.50. The molecule has 2 rings (SSSR count). The van der Waals surface area contributed by atoms with E-state index in [-0.39, 0.29) is 0 Å². The third-order valence-electron chi connectivity index (χ3n) is 2.54. The fourth-order valence-corrected chi connectivity index (χ4v) is 1.87. The third-order valence-corrected chi connectivity index (χ3v) is 2.54. The van der Waals surface area contributed by atoms with Crippen LogP contribution < -0.4 is 5.32 Å². The Labute approximate surface area is 67.7 Å². The van der Waals surface area contributed by atoms with E-state index < -0.39 is 0 Å². The molecule has 1 N–H and O–H groups in total. The van der Waals surface area contributed by atoms with Crippen molar-refractivity contribution in [2.24, 2.45) is 0 Å². The summed E-state index contributed by atoms with van der Waals surface area (Å²) in [6.07, 6.45) is 0.435. The Morgan fingerprint density at radius 2 is 2.45 bits per heavy atom. The minimum absolute atomic E-state index is 0.435. The van der Waals surface area contributed by atoms with E-state index in [1.807, 2.05) is 0 Å². The molecule has 3 heteroatoms. The van der Waals surface area contributed by atoms with Gasteiger partial charge in [0.1, 0.15) is 0 Å². The molecule has 0 aromatic heterocycles. The lowest BCUT2D eigenvalue weighted by Gasteiger charge is -2.41. The standard InChI is InChI=1S/C8H16N2O/c1-7-5-10-3-2-9-4-8(10)6-11-7/h7-9H,2-6H2,1H3. The zero-order chi connectivity index (χ0) is 7.68. The number of ether oxygens (including phenoxy) is 1. The van der Waals surface area contributed by atoms with Crippen molar-refractivity contribution in [3.63, 3.8) is 0 Å². The van der Waals surface area contributed by atoms with Crippen LogP contribution in [0.5, 0.6) is 0 Å². The molecule has 0 radical (unpaired) electrons. The van der Waals surface area contributed by atoms with E-state index >= 15 is 0 Å². The first-order chi connectivity index (χ1) is 5.36. The van der Waals surface area contributed by atoms with E-state index in [4.69, 9.17) is 4.74 Å². The van der Waals surface area contributed by atoms with Crippen molar-refractivity contribution in [2.45, 2.75) is 19.1 Å². The molecule has 0 aliphatic carbocycles. The number of hydrogen-bond donors (Lipinski definition) is 1. The molecule has 0 amide bonds. The van der Waals surface area contributed by atoms with Crippen molar-refractivity contribution in [3.05, 3.63) is 0 Å². The van der Waals surface area contributed by atoms with Gasteiger partial charge >= 0.3 is 0 Å². The van der Waals surface area contributed by atoms with Crippen LogP contribution in [0.4, 0.5) is 0 Å². The van der Waals surface area contributed by atoms with Crippen LogP contribution in [0.1, 0.15) is 6.92 Å². The van der Waals surface area contributed by atoms with Gasteiger partial charge in [-0.2, -0.15) is 0 Å². The number of morpholine rings is 1. The van der Waals surface area contributed by atoms with Gasteiger partial charge in [-0.25, -0.2) is 0 Å². The van der Waals surface area contributed by atoms with Gasteiger partial charge in [0.05, 0.1) is 12.7 Å². The molecule has 2 aliphatic rings. The van der Waals surface area contributed by atoms with E-state index in [1.165, 1.54) is 6.54 Å². The molecule has 0 aromatic carbocycles. The van der Waals surface area contributed by atoms with Crippen molar-refractivity contribution in [1.82, 2.24) is 10.2 Å². The van der Waals surface area contributed by atoms with Crippen molar-refractivity contribution >= 4 is 0 Å². The second-order valence-electron chi connectivity index (χ2n) is 3.50. The Kier molecular flexibility index (Phi) is 2.11. The van der Waals surface area contributed by atoms with E-state index in [0.717, 1.165) is 26.2 Å². The van der Waals surface area contributed by atoms with Crippen molar-refractivity contribution in [1.29, 1.82) is 0 Å². The van der Waals surface area contributed by atoms with Crippen molar-refractivity contribution < 1.29 is 4.74 Å². The Morgan fingerprint density at radius 1 is 1.55 bits per heavy atom. The van der Waals surface area contributed by atoms with Crippen LogP contribution in [0, 0.1) is 0 Å². The summed E-state index contributed by atoms with van der Waals surface area (Å²) in [5.74, 6) is 0. The second kappa shape index (κ2) is 3.09. The Balaban J connectivity index is 1.93. The summed E-state index contributed by atoms with van der Waals surface area (Å²) in [5.41, 5.74) is 0. The minimum Gasteiger partial charge on any atom is -0.376 e. The number of fused-ring (bicyclic) bond motifs is 1. The number of piperazine rings is 1. The molecule has 2 saturated heterocycles. The van der Waals surface area contributed by atoms with Crippen molar-refractivity contribution in [3.8, 4) is 0 Å². The monoisotopic (exact) mass is 156 g/mol. The average molecular weight is 156 g/mol. The van der Waals surface area contributed by atoms with Crippen LogP contribution in [0.3, 0.4) is 0 Å². The summed E-state index contributed by atoms with van der Waals surface area (Å²) in [6, 6.07) is 0.639. The normalized spacial score (nSPS) is 40.1. The van der Waals surface area contributed by atoms with Crippen LogP contribution in [0.25, 0.3) is 0 Å². The Bertz CT molecular complexity index is 140. The fraction of sp³-hybridized carbons (Fsp3) is 1.00. The average Bonchev–Trinajstić information content (AvgIpc) is 2.04. The van der Waals surface area contributed by atoms with E-state index in [1.54, 1.807) is 0 Å². The SMILES string of the molecule is CC1CN2CCNCC2CO1. The summed E-state index contributed by atoms with van der Waals surface area (Å²) in [6.45, 7) is 7.62. The largest absolute Gasteiger partial charge is 0.376 e. The molecule has 2 aliphatic heterocycles.